The molecule has 2 aromatic rings. The Morgan fingerprint density at radius 1 is 0.959 bits per heavy atom. The second kappa shape index (κ2) is 18.0. The normalized spacial score (nSPS) is 16.5. The molecule has 0 aliphatic carbocycles. The third kappa shape index (κ3) is 10.9. The van der Waals surface area contributed by atoms with Gasteiger partial charge in [-0.2, -0.15) is 0 Å². The number of hydrogen-bond acceptors (Lipinski definition) is 9. The molecule has 1 aromatic heterocycles. The zero-order valence-electron chi connectivity index (χ0n) is 28.2. The quantitative estimate of drug-likeness (QED) is 0.262. The summed E-state index contributed by atoms with van der Waals surface area (Å²) in [5, 5.41) is 12.1. The van der Waals surface area contributed by atoms with Crippen LogP contribution in [0.5, 0.6) is 5.75 Å². The Hall–Kier alpha value is -4.24. The van der Waals surface area contributed by atoms with Crippen LogP contribution in [0.25, 0.3) is 11.3 Å². The number of hydrogen-bond donors (Lipinski definition) is 2. The van der Waals surface area contributed by atoms with Crippen LogP contribution >= 0.6 is 0 Å². The second-order valence-electron chi connectivity index (χ2n) is 12.1. The monoisotopic (exact) mass is 701 g/mol. The molecule has 268 valence electrons. The molecule has 0 unspecified atom stereocenters. The number of sulfonamides is 1. The molecule has 0 bridgehead atoms. The Balaban J connectivity index is 1.47. The number of aromatic nitrogens is 1. The molecular formula is C34H47N5O9S. The standard InChI is InChI=1S/C34H47N5O9S/c1-3-5-9-22-47-34(44)38-20-18-37(19-21-38)33(43)28(12-13-31(40)41)36-32(42)30-24-27(23-29(35-30)25-10-7-6-8-11-25)48-26-14-16-39(17-15-26)49(45,46)4-2/h6-8,10-11,23-24,26,28H,3-5,9,12-22H2,1-2H3,(H,36,42)(H,40,41)/t28-/m0/s1. The number of piperidine rings is 1. The van der Waals surface area contributed by atoms with E-state index < -0.39 is 39.9 Å². The maximum absolute atomic E-state index is 13.7. The second-order valence-corrected chi connectivity index (χ2v) is 14.4. The molecule has 1 atom stereocenters. The Morgan fingerprint density at radius 2 is 1.63 bits per heavy atom. The number of nitrogens with zero attached hydrogens (tertiary/aromatic N) is 4. The van der Waals surface area contributed by atoms with Crippen molar-refractivity contribution >= 4 is 33.9 Å². The molecule has 2 aliphatic rings. The van der Waals surface area contributed by atoms with Crippen molar-refractivity contribution in [1.82, 2.24) is 24.4 Å². The number of carboxylic acid groups (broad SMARTS) is 1. The number of aliphatic carboxylic acids is 1. The number of pyridine rings is 1. The fraction of sp³-hybridized carbons (Fsp3) is 0.559. The minimum atomic E-state index is -3.30. The average Bonchev–Trinajstić information content (AvgIpc) is 3.11. The van der Waals surface area contributed by atoms with Gasteiger partial charge >= 0.3 is 12.1 Å². The van der Waals surface area contributed by atoms with E-state index in [1.54, 1.807) is 13.0 Å². The Bertz CT molecular complexity index is 1540. The number of nitrogens with one attached hydrogen (secondary N) is 1. The zero-order chi connectivity index (χ0) is 35.4. The lowest BCUT2D eigenvalue weighted by molar-refractivity contribution is -0.138. The van der Waals surface area contributed by atoms with Gasteiger partial charge in [0.25, 0.3) is 5.91 Å². The molecule has 2 saturated heterocycles. The van der Waals surface area contributed by atoms with Crippen LogP contribution in [0.1, 0.15) is 69.3 Å². The van der Waals surface area contributed by atoms with Crippen molar-refractivity contribution in [2.24, 2.45) is 0 Å². The highest BCUT2D eigenvalue weighted by atomic mass is 32.2. The topological polar surface area (TPSA) is 176 Å². The maximum Gasteiger partial charge on any atom is 0.409 e. The third-order valence-electron chi connectivity index (χ3n) is 8.64. The SMILES string of the molecule is CCCCCOC(=O)N1CCN(C(=O)[C@H](CCC(=O)O)NC(=O)c2cc(OC3CCN(S(=O)(=O)CC)CC3)cc(-c3ccccc3)n2)CC1. The van der Waals surface area contributed by atoms with Crippen LogP contribution in [0.2, 0.25) is 0 Å². The Kier molecular flexibility index (Phi) is 13.8. The summed E-state index contributed by atoms with van der Waals surface area (Å²) in [5.74, 6) is -1.84. The highest BCUT2D eigenvalue weighted by molar-refractivity contribution is 7.89. The number of rotatable bonds is 15. The van der Waals surface area contributed by atoms with E-state index in [1.807, 2.05) is 30.3 Å². The molecule has 2 aliphatic heterocycles. The summed E-state index contributed by atoms with van der Waals surface area (Å²) in [6.07, 6.45) is 2.49. The van der Waals surface area contributed by atoms with E-state index >= 15 is 0 Å². The fourth-order valence-corrected chi connectivity index (χ4v) is 6.87. The molecule has 0 radical (unpaired) electrons. The first kappa shape index (κ1) is 37.6. The van der Waals surface area contributed by atoms with Gasteiger partial charge in [0.15, 0.2) is 0 Å². The van der Waals surface area contributed by atoms with Crippen LogP contribution in [0.4, 0.5) is 4.79 Å². The van der Waals surface area contributed by atoms with Crippen molar-refractivity contribution in [2.75, 3.05) is 51.6 Å². The molecular weight excluding hydrogens is 654 g/mol. The molecule has 4 rings (SSSR count). The van der Waals surface area contributed by atoms with E-state index in [2.05, 4.69) is 17.2 Å². The van der Waals surface area contributed by atoms with Gasteiger partial charge in [-0.15, -0.1) is 0 Å². The lowest BCUT2D eigenvalue weighted by atomic mass is 10.1. The average molecular weight is 702 g/mol. The molecule has 3 amide bonds. The summed E-state index contributed by atoms with van der Waals surface area (Å²) in [6.45, 7) is 5.59. The van der Waals surface area contributed by atoms with Crippen molar-refractivity contribution in [2.45, 2.75) is 70.9 Å². The Labute approximate surface area is 287 Å². The summed E-state index contributed by atoms with van der Waals surface area (Å²) >= 11 is 0. The lowest BCUT2D eigenvalue weighted by Gasteiger charge is -2.36. The van der Waals surface area contributed by atoms with Gasteiger partial charge in [-0.25, -0.2) is 22.5 Å². The van der Waals surface area contributed by atoms with Crippen LogP contribution in [-0.4, -0.2) is 120 Å². The van der Waals surface area contributed by atoms with Crippen LogP contribution in [0, 0.1) is 0 Å². The molecule has 14 nitrogen and oxygen atoms in total. The van der Waals surface area contributed by atoms with E-state index in [-0.39, 0.29) is 56.6 Å². The third-order valence-corrected chi connectivity index (χ3v) is 10.5. The van der Waals surface area contributed by atoms with E-state index in [0.717, 1.165) is 24.8 Å². The molecule has 3 heterocycles. The van der Waals surface area contributed by atoms with Crippen molar-refractivity contribution in [3.63, 3.8) is 0 Å². The zero-order valence-corrected chi connectivity index (χ0v) is 29.0. The van der Waals surface area contributed by atoms with E-state index in [0.29, 0.717) is 44.0 Å². The van der Waals surface area contributed by atoms with Crippen LogP contribution in [-0.2, 0) is 24.3 Å². The predicted molar refractivity (Wildman–Crippen MR) is 182 cm³/mol. The first-order chi connectivity index (χ1) is 23.5. The number of carbonyl (C=O) groups is 4. The molecule has 15 heteroatoms. The summed E-state index contributed by atoms with van der Waals surface area (Å²) < 4.78 is 37.7. The van der Waals surface area contributed by atoms with E-state index in [9.17, 15) is 32.7 Å². The molecule has 0 saturated carbocycles. The first-order valence-corrected chi connectivity index (χ1v) is 18.6. The fourth-order valence-electron chi connectivity index (χ4n) is 5.74. The molecule has 49 heavy (non-hydrogen) atoms. The highest BCUT2D eigenvalue weighted by Crippen LogP contribution is 2.27. The van der Waals surface area contributed by atoms with Crippen molar-refractivity contribution < 1.29 is 42.2 Å². The first-order valence-electron chi connectivity index (χ1n) is 17.0. The smallest absolute Gasteiger partial charge is 0.409 e. The van der Waals surface area contributed by atoms with Gasteiger partial charge < -0.3 is 29.7 Å². The highest BCUT2D eigenvalue weighted by Gasteiger charge is 2.32. The van der Waals surface area contributed by atoms with Gasteiger partial charge in [-0.3, -0.25) is 14.4 Å². The molecule has 0 spiro atoms. The summed E-state index contributed by atoms with van der Waals surface area (Å²) in [5.41, 5.74) is 1.16. The van der Waals surface area contributed by atoms with Crippen molar-refractivity contribution in [1.29, 1.82) is 0 Å². The number of piperazine rings is 1. The van der Waals surface area contributed by atoms with E-state index in [4.69, 9.17) is 9.47 Å². The molecule has 2 fully saturated rings. The summed E-state index contributed by atoms with van der Waals surface area (Å²) in [6, 6.07) is 11.2. The van der Waals surface area contributed by atoms with Crippen LogP contribution < -0.4 is 10.1 Å². The van der Waals surface area contributed by atoms with Crippen LogP contribution in [0.15, 0.2) is 42.5 Å². The number of benzene rings is 1. The number of unbranched alkanes of at least 4 members (excludes halogenated alkanes) is 2. The number of carbonyl (C=O) groups excluding carboxylic acids is 3. The van der Waals surface area contributed by atoms with Gasteiger partial charge in [-0.1, -0.05) is 50.1 Å². The lowest BCUT2D eigenvalue weighted by Crippen LogP contribution is -2.56. The van der Waals surface area contributed by atoms with Gasteiger partial charge in [0.1, 0.15) is 23.6 Å². The van der Waals surface area contributed by atoms with Crippen molar-refractivity contribution in [3.05, 3.63) is 48.2 Å². The maximum atomic E-state index is 13.7. The number of ether oxygens (including phenoxy) is 2. The van der Waals surface area contributed by atoms with E-state index in [1.165, 1.54) is 20.2 Å². The van der Waals surface area contributed by atoms with Gasteiger partial charge in [-0.05, 0) is 32.6 Å². The Morgan fingerprint density at radius 3 is 2.27 bits per heavy atom. The van der Waals surface area contributed by atoms with Gasteiger partial charge in [0, 0.05) is 63.4 Å². The largest absolute Gasteiger partial charge is 0.490 e. The van der Waals surface area contributed by atoms with Gasteiger partial charge in [0.05, 0.1) is 18.1 Å². The molecule has 2 N–H and O–H groups in total. The number of amides is 3. The molecule has 1 aromatic carbocycles. The van der Waals surface area contributed by atoms with Crippen molar-refractivity contribution in [3.8, 4) is 17.0 Å². The summed E-state index contributed by atoms with van der Waals surface area (Å²) in [7, 11) is -3.30. The predicted octanol–water partition coefficient (Wildman–Crippen LogP) is 3.38. The van der Waals surface area contributed by atoms with Crippen LogP contribution in [0.3, 0.4) is 0 Å². The minimum absolute atomic E-state index is 0.0221. The summed E-state index contributed by atoms with van der Waals surface area (Å²) in [4.78, 5) is 58.8. The minimum Gasteiger partial charge on any atom is -0.490 e. The van der Waals surface area contributed by atoms with Gasteiger partial charge in [0.2, 0.25) is 15.9 Å². The number of carboxylic acids is 1.